The van der Waals surface area contributed by atoms with Crippen LogP contribution in [0, 0.1) is 5.41 Å². The zero-order valence-corrected chi connectivity index (χ0v) is 13.7. The maximum atomic E-state index is 12.7. The largest absolute Gasteiger partial charge is 0.338 e. The van der Waals surface area contributed by atoms with Crippen molar-refractivity contribution in [2.24, 2.45) is 11.1 Å². The van der Waals surface area contributed by atoms with Crippen LogP contribution in [-0.2, 0) is 0 Å². The molecule has 1 saturated heterocycles. The monoisotopic (exact) mass is 312 g/mol. The molecule has 0 radical (unpaired) electrons. The van der Waals surface area contributed by atoms with Gasteiger partial charge in [0.1, 0.15) is 0 Å². The predicted octanol–water partition coefficient (Wildman–Crippen LogP) is 3.26. The highest BCUT2D eigenvalue weighted by atomic mass is 35.5. The fourth-order valence-electron chi connectivity index (χ4n) is 2.51. The first kappa shape index (κ1) is 15.7. The molecule has 1 atom stereocenters. The van der Waals surface area contributed by atoms with Crippen LogP contribution in [0.5, 0.6) is 0 Å². The number of hydrogen-bond donors (Lipinski definition) is 1. The van der Waals surface area contributed by atoms with E-state index >= 15 is 0 Å². The standard InChI is InChI=1S/C15H21ClN2OS/c1-15(2)9-18(7-6-13(15)17)14(19)11-8-10(20-3)4-5-12(11)16/h4-5,8,13H,6-7,9,17H2,1-3H3. The molecule has 1 fully saturated rings. The molecule has 110 valence electrons. The summed E-state index contributed by atoms with van der Waals surface area (Å²) in [4.78, 5) is 15.6. The van der Waals surface area contributed by atoms with Gasteiger partial charge in [-0.2, -0.15) is 0 Å². The van der Waals surface area contributed by atoms with Crippen LogP contribution in [0.2, 0.25) is 5.02 Å². The van der Waals surface area contributed by atoms with Gasteiger partial charge in [-0.1, -0.05) is 25.4 Å². The maximum Gasteiger partial charge on any atom is 0.255 e. The van der Waals surface area contributed by atoms with Crippen LogP contribution >= 0.6 is 23.4 Å². The normalized spacial score (nSPS) is 21.9. The topological polar surface area (TPSA) is 46.3 Å². The average Bonchev–Trinajstić information content (AvgIpc) is 2.41. The summed E-state index contributed by atoms with van der Waals surface area (Å²) >= 11 is 7.79. The van der Waals surface area contributed by atoms with E-state index in [1.165, 1.54) is 0 Å². The van der Waals surface area contributed by atoms with Gasteiger partial charge in [0.05, 0.1) is 10.6 Å². The third kappa shape index (κ3) is 3.13. The molecule has 0 bridgehead atoms. The van der Waals surface area contributed by atoms with Gasteiger partial charge in [-0.05, 0) is 36.3 Å². The Hall–Kier alpha value is -0.710. The van der Waals surface area contributed by atoms with Crippen molar-refractivity contribution < 1.29 is 4.79 Å². The Morgan fingerprint density at radius 3 is 2.80 bits per heavy atom. The molecule has 0 saturated carbocycles. The van der Waals surface area contributed by atoms with Crippen LogP contribution in [0.1, 0.15) is 30.6 Å². The first-order chi connectivity index (χ1) is 9.35. The molecular weight excluding hydrogens is 292 g/mol. The molecule has 5 heteroatoms. The summed E-state index contributed by atoms with van der Waals surface area (Å²) in [7, 11) is 0. The summed E-state index contributed by atoms with van der Waals surface area (Å²) in [6.07, 6.45) is 2.82. The Labute approximate surface area is 129 Å². The summed E-state index contributed by atoms with van der Waals surface area (Å²) in [6.45, 7) is 5.59. The van der Waals surface area contributed by atoms with Crippen molar-refractivity contribution in [1.29, 1.82) is 0 Å². The molecule has 20 heavy (non-hydrogen) atoms. The maximum absolute atomic E-state index is 12.7. The van der Waals surface area contributed by atoms with Gasteiger partial charge in [0.25, 0.3) is 5.91 Å². The number of piperidine rings is 1. The highest BCUT2D eigenvalue weighted by Gasteiger charge is 2.35. The highest BCUT2D eigenvalue weighted by Crippen LogP contribution is 2.30. The number of benzene rings is 1. The first-order valence-electron chi connectivity index (χ1n) is 6.73. The van der Waals surface area contributed by atoms with E-state index in [1.54, 1.807) is 17.8 Å². The van der Waals surface area contributed by atoms with Gasteiger partial charge >= 0.3 is 0 Å². The molecule has 1 amide bonds. The third-order valence-electron chi connectivity index (χ3n) is 4.00. The molecule has 1 aliphatic rings. The average molecular weight is 313 g/mol. The van der Waals surface area contributed by atoms with Gasteiger partial charge in [-0.25, -0.2) is 0 Å². The molecule has 3 nitrogen and oxygen atoms in total. The van der Waals surface area contributed by atoms with Crippen molar-refractivity contribution in [3.63, 3.8) is 0 Å². The summed E-state index contributed by atoms with van der Waals surface area (Å²) in [5.41, 5.74) is 6.65. The van der Waals surface area contributed by atoms with Crippen molar-refractivity contribution in [3.8, 4) is 0 Å². The number of carbonyl (C=O) groups is 1. The van der Waals surface area contributed by atoms with Gasteiger partial charge in [-0.3, -0.25) is 4.79 Å². The fourth-order valence-corrected chi connectivity index (χ4v) is 3.15. The van der Waals surface area contributed by atoms with Crippen molar-refractivity contribution in [3.05, 3.63) is 28.8 Å². The molecule has 1 heterocycles. The lowest BCUT2D eigenvalue weighted by Gasteiger charge is -2.42. The molecule has 1 aliphatic heterocycles. The SMILES string of the molecule is CSc1ccc(Cl)c(C(=O)N2CCC(N)C(C)(C)C2)c1. The molecule has 1 aromatic carbocycles. The smallest absolute Gasteiger partial charge is 0.255 e. The molecule has 1 aromatic rings. The second-order valence-corrected chi connectivity index (χ2v) is 7.24. The Balaban J connectivity index is 2.24. The van der Waals surface area contributed by atoms with Crippen LogP contribution in [0.4, 0.5) is 0 Å². The number of thioether (sulfide) groups is 1. The van der Waals surface area contributed by atoms with E-state index in [0.29, 0.717) is 23.7 Å². The lowest BCUT2D eigenvalue weighted by molar-refractivity contribution is 0.0533. The summed E-state index contributed by atoms with van der Waals surface area (Å²) in [6, 6.07) is 5.73. The number of hydrogen-bond acceptors (Lipinski definition) is 3. The number of amides is 1. The number of likely N-dealkylation sites (tertiary alicyclic amines) is 1. The van der Waals surface area contributed by atoms with Gasteiger partial charge in [0.15, 0.2) is 0 Å². The van der Waals surface area contributed by atoms with E-state index in [4.69, 9.17) is 17.3 Å². The van der Waals surface area contributed by atoms with E-state index in [9.17, 15) is 4.79 Å². The van der Waals surface area contributed by atoms with Crippen molar-refractivity contribution in [2.45, 2.75) is 31.2 Å². The van der Waals surface area contributed by atoms with E-state index in [0.717, 1.165) is 11.3 Å². The predicted molar refractivity (Wildman–Crippen MR) is 85.5 cm³/mol. The van der Waals surface area contributed by atoms with E-state index < -0.39 is 0 Å². The van der Waals surface area contributed by atoms with Crippen LogP contribution in [-0.4, -0.2) is 36.2 Å². The lowest BCUT2D eigenvalue weighted by Crippen LogP contribution is -2.54. The summed E-state index contributed by atoms with van der Waals surface area (Å²) in [5.74, 6) is 0.00544. The summed E-state index contributed by atoms with van der Waals surface area (Å²) < 4.78 is 0. The zero-order valence-electron chi connectivity index (χ0n) is 12.1. The molecule has 0 aliphatic carbocycles. The van der Waals surface area contributed by atoms with E-state index in [2.05, 4.69) is 13.8 Å². The zero-order chi connectivity index (χ0) is 14.9. The number of rotatable bonds is 2. The number of nitrogens with zero attached hydrogens (tertiary/aromatic N) is 1. The molecule has 1 unspecified atom stereocenters. The Bertz CT molecular complexity index is 519. The molecule has 2 rings (SSSR count). The van der Waals surface area contributed by atoms with Crippen molar-refractivity contribution in [1.82, 2.24) is 4.90 Å². The Kier molecular flexibility index (Phi) is 4.67. The quantitative estimate of drug-likeness (QED) is 0.853. The van der Waals surface area contributed by atoms with Crippen molar-refractivity contribution >= 4 is 29.3 Å². The summed E-state index contributed by atoms with van der Waals surface area (Å²) in [5, 5.41) is 0.514. The minimum Gasteiger partial charge on any atom is -0.338 e. The van der Waals surface area contributed by atoms with Crippen LogP contribution < -0.4 is 5.73 Å². The third-order valence-corrected chi connectivity index (χ3v) is 5.06. The molecular formula is C15H21ClN2OS. The van der Waals surface area contributed by atoms with Crippen LogP contribution in [0.3, 0.4) is 0 Å². The first-order valence-corrected chi connectivity index (χ1v) is 8.34. The molecule has 2 N–H and O–H groups in total. The number of carbonyl (C=O) groups excluding carboxylic acids is 1. The van der Waals surface area contributed by atoms with E-state index in [-0.39, 0.29) is 17.4 Å². The minimum absolute atomic E-state index is 0.00544. The molecule has 0 spiro atoms. The molecule has 0 aromatic heterocycles. The van der Waals surface area contributed by atoms with Gasteiger partial charge in [0.2, 0.25) is 0 Å². The second kappa shape index (κ2) is 5.96. The van der Waals surface area contributed by atoms with Gasteiger partial charge < -0.3 is 10.6 Å². The second-order valence-electron chi connectivity index (χ2n) is 5.96. The van der Waals surface area contributed by atoms with Crippen LogP contribution in [0.25, 0.3) is 0 Å². The fraction of sp³-hybridized carbons (Fsp3) is 0.533. The van der Waals surface area contributed by atoms with E-state index in [1.807, 2.05) is 23.3 Å². The Morgan fingerprint density at radius 2 is 2.20 bits per heavy atom. The van der Waals surface area contributed by atoms with Gasteiger partial charge in [-0.15, -0.1) is 11.8 Å². The Morgan fingerprint density at radius 1 is 1.50 bits per heavy atom. The highest BCUT2D eigenvalue weighted by molar-refractivity contribution is 7.98. The van der Waals surface area contributed by atoms with Crippen LogP contribution in [0.15, 0.2) is 23.1 Å². The number of nitrogens with two attached hydrogens (primary N) is 1. The number of halogens is 1. The minimum atomic E-state index is -0.0580. The van der Waals surface area contributed by atoms with Gasteiger partial charge in [0, 0.05) is 24.0 Å². The lowest BCUT2D eigenvalue weighted by atomic mass is 9.79. The van der Waals surface area contributed by atoms with Crippen molar-refractivity contribution in [2.75, 3.05) is 19.3 Å².